The van der Waals surface area contributed by atoms with Crippen molar-refractivity contribution in [2.45, 2.75) is 75.6 Å². The summed E-state index contributed by atoms with van der Waals surface area (Å²) in [7, 11) is -0.533. The average molecular weight is 323 g/mol. The van der Waals surface area contributed by atoms with Crippen LogP contribution >= 0.6 is 11.8 Å². The van der Waals surface area contributed by atoms with E-state index in [0.717, 1.165) is 4.38 Å². The van der Waals surface area contributed by atoms with Gasteiger partial charge in [-0.1, -0.05) is 50.3 Å². The smallest absolute Gasteiger partial charge is 0.176 e. The largest absolute Gasteiger partial charge is 0.327 e. The third-order valence-corrected chi connectivity index (χ3v) is 7.56. The molecule has 0 bridgehead atoms. The van der Waals surface area contributed by atoms with Gasteiger partial charge in [0.25, 0.3) is 0 Å². The van der Waals surface area contributed by atoms with Crippen molar-refractivity contribution in [2.24, 2.45) is 0 Å². The average Bonchev–Trinajstić information content (AvgIpc) is 2.40. The molecule has 2 rings (SSSR count). The van der Waals surface area contributed by atoms with Crippen LogP contribution in [0.15, 0.2) is 0 Å². The van der Waals surface area contributed by atoms with E-state index in [0.29, 0.717) is 11.4 Å². The van der Waals surface area contributed by atoms with Crippen LogP contribution in [0.1, 0.15) is 64.2 Å². The van der Waals surface area contributed by atoms with E-state index in [2.05, 4.69) is 0 Å². The first-order valence-electron chi connectivity index (χ1n) is 7.05. The van der Waals surface area contributed by atoms with Gasteiger partial charge in [-0.2, -0.15) is 0 Å². The molecule has 0 aliphatic heterocycles. The van der Waals surface area contributed by atoms with Gasteiger partial charge in [0.05, 0.1) is 6.10 Å². The summed E-state index contributed by atoms with van der Waals surface area (Å²) in [5.74, 6) is 0. The normalized spacial score (nSPS) is 22.9. The van der Waals surface area contributed by atoms with Crippen molar-refractivity contribution >= 4 is 46.1 Å². The number of ether oxygens (including phenoxy) is 1. The lowest BCUT2D eigenvalue weighted by Crippen LogP contribution is -2.21. The molecule has 0 heterocycles. The highest BCUT2D eigenvalue weighted by Gasteiger charge is 2.20. The Morgan fingerprint density at radius 2 is 1.44 bits per heavy atom. The van der Waals surface area contributed by atoms with Crippen LogP contribution in [-0.2, 0) is 34.7 Å². The SMILES string of the molecule is S=S(=S)=C(OC1CCCCC1)SC1CCCCC1. The minimum atomic E-state index is -0.533. The molecule has 0 saturated heterocycles. The van der Waals surface area contributed by atoms with Crippen molar-refractivity contribution in [1.29, 1.82) is 0 Å². The highest BCUT2D eigenvalue weighted by molar-refractivity contribution is 8.50. The van der Waals surface area contributed by atoms with Crippen molar-refractivity contribution in [3.8, 4) is 0 Å². The van der Waals surface area contributed by atoms with Gasteiger partial charge in [-0.25, -0.2) is 0 Å². The Bertz CT molecular complexity index is 346. The Kier molecular flexibility index (Phi) is 6.94. The molecule has 0 aromatic rings. The van der Waals surface area contributed by atoms with Crippen molar-refractivity contribution in [2.75, 3.05) is 0 Å². The summed E-state index contributed by atoms with van der Waals surface area (Å²) in [5, 5.41) is 0.707. The van der Waals surface area contributed by atoms with Crippen LogP contribution in [0.25, 0.3) is 0 Å². The molecule has 0 amide bonds. The van der Waals surface area contributed by atoms with E-state index in [9.17, 15) is 0 Å². The van der Waals surface area contributed by atoms with Crippen molar-refractivity contribution in [3.05, 3.63) is 0 Å². The fraction of sp³-hybridized carbons (Fsp3) is 0.923. The first kappa shape index (κ1) is 15.2. The van der Waals surface area contributed by atoms with Crippen molar-refractivity contribution in [3.63, 3.8) is 0 Å². The molecule has 0 spiro atoms. The van der Waals surface area contributed by atoms with Crippen LogP contribution in [0, 0.1) is 0 Å². The lowest BCUT2D eigenvalue weighted by molar-refractivity contribution is 0.152. The zero-order valence-electron chi connectivity index (χ0n) is 10.8. The van der Waals surface area contributed by atoms with Gasteiger partial charge in [0.15, 0.2) is 4.38 Å². The van der Waals surface area contributed by atoms with E-state index in [1.807, 2.05) is 11.8 Å². The van der Waals surface area contributed by atoms with Crippen molar-refractivity contribution in [1.82, 2.24) is 0 Å². The third-order valence-electron chi connectivity index (χ3n) is 3.77. The Morgan fingerprint density at radius 1 is 0.889 bits per heavy atom. The van der Waals surface area contributed by atoms with E-state index >= 15 is 0 Å². The molecule has 0 aromatic carbocycles. The number of hydrogen-bond acceptors (Lipinski definition) is 4. The predicted molar refractivity (Wildman–Crippen MR) is 89.5 cm³/mol. The summed E-state index contributed by atoms with van der Waals surface area (Å²) in [4.78, 5) is 0. The van der Waals surface area contributed by atoms with Gasteiger partial charge in [-0.05, 0) is 55.7 Å². The van der Waals surface area contributed by atoms with Gasteiger partial charge < -0.3 is 4.74 Å². The van der Waals surface area contributed by atoms with Crippen molar-refractivity contribution < 1.29 is 4.74 Å². The predicted octanol–water partition coefficient (Wildman–Crippen LogP) is 4.03. The summed E-state index contributed by atoms with van der Waals surface area (Å²) in [6.07, 6.45) is 13.5. The molecule has 2 aliphatic carbocycles. The molecule has 0 atom stereocenters. The maximum atomic E-state index is 6.14. The van der Waals surface area contributed by atoms with E-state index in [1.165, 1.54) is 64.2 Å². The fourth-order valence-corrected chi connectivity index (χ4v) is 5.66. The van der Waals surface area contributed by atoms with Gasteiger partial charge >= 0.3 is 0 Å². The second-order valence-electron chi connectivity index (χ2n) is 5.24. The van der Waals surface area contributed by atoms with Gasteiger partial charge in [-0.3, -0.25) is 0 Å². The summed E-state index contributed by atoms with van der Waals surface area (Å²) in [5.41, 5.74) is 0. The molecule has 0 radical (unpaired) electrons. The van der Waals surface area contributed by atoms with E-state index < -0.39 is 7.60 Å². The van der Waals surface area contributed by atoms with Gasteiger partial charge in [0.1, 0.15) is 0 Å². The quantitative estimate of drug-likeness (QED) is 0.709. The monoisotopic (exact) mass is 322 g/mol. The molecular weight excluding hydrogens is 300 g/mol. The molecule has 0 aromatic heterocycles. The zero-order chi connectivity index (χ0) is 12.8. The Balaban J connectivity index is 1.89. The minimum absolute atomic E-state index is 0.394. The summed E-state index contributed by atoms with van der Waals surface area (Å²) < 4.78 is 7.12. The first-order chi connectivity index (χ1) is 8.75. The fourth-order valence-electron chi connectivity index (χ4n) is 2.74. The Hall–Kier alpha value is 0.840. The number of thioether (sulfide) groups is 1. The van der Waals surface area contributed by atoms with Gasteiger partial charge in [0, 0.05) is 5.25 Å². The van der Waals surface area contributed by atoms with Crippen LogP contribution in [-0.4, -0.2) is 15.7 Å². The molecule has 0 N–H and O–H groups in total. The molecule has 2 fully saturated rings. The summed E-state index contributed by atoms with van der Waals surface area (Å²) >= 11 is 12.5. The van der Waals surface area contributed by atoms with Crippen LogP contribution in [0.2, 0.25) is 0 Å². The van der Waals surface area contributed by atoms with Crippen LogP contribution in [0.4, 0.5) is 0 Å². The van der Waals surface area contributed by atoms with Crippen LogP contribution in [0.5, 0.6) is 0 Å². The zero-order valence-corrected chi connectivity index (χ0v) is 14.0. The maximum absolute atomic E-state index is 6.14. The second kappa shape index (κ2) is 8.20. The van der Waals surface area contributed by atoms with Gasteiger partial charge in [-0.15, -0.1) is 0 Å². The third kappa shape index (κ3) is 5.08. The molecule has 5 heteroatoms. The summed E-state index contributed by atoms with van der Waals surface area (Å²) in [6.45, 7) is 0. The molecule has 1 nitrogen and oxygen atoms in total. The molecular formula is C13H22OS4. The number of hydrogen-bond donors (Lipinski definition) is 0. The van der Waals surface area contributed by atoms with Crippen LogP contribution < -0.4 is 0 Å². The van der Waals surface area contributed by atoms with E-state index in [-0.39, 0.29) is 0 Å². The Labute approximate surface area is 126 Å². The minimum Gasteiger partial charge on any atom is -0.327 e. The lowest BCUT2D eigenvalue weighted by Gasteiger charge is -2.25. The number of rotatable bonds is 2. The molecule has 104 valence electrons. The molecule has 0 unspecified atom stereocenters. The highest BCUT2D eigenvalue weighted by atomic mass is 33.1. The second-order valence-corrected chi connectivity index (χ2v) is 10.2. The van der Waals surface area contributed by atoms with E-state index in [1.54, 1.807) is 0 Å². The highest BCUT2D eigenvalue weighted by Crippen LogP contribution is 2.30. The van der Waals surface area contributed by atoms with E-state index in [4.69, 9.17) is 27.1 Å². The Morgan fingerprint density at radius 3 is 2.00 bits per heavy atom. The summed E-state index contributed by atoms with van der Waals surface area (Å²) in [6, 6.07) is 0. The molecule has 18 heavy (non-hydrogen) atoms. The first-order valence-corrected chi connectivity index (χ1v) is 11.0. The van der Waals surface area contributed by atoms with Crippen LogP contribution in [0.3, 0.4) is 0 Å². The molecule has 2 saturated carbocycles. The maximum Gasteiger partial charge on any atom is 0.176 e. The topological polar surface area (TPSA) is 9.23 Å². The van der Waals surface area contributed by atoms with Gasteiger partial charge in [0.2, 0.25) is 0 Å². The lowest BCUT2D eigenvalue weighted by atomic mass is 9.98. The standard InChI is InChI=1S/C13H22OS4/c15-18(16)13(14-11-7-3-1-4-8-11)17-12-9-5-2-6-10-12/h11-12H,1-10H2. The molecule has 2 aliphatic rings.